The fraction of sp³-hybridized carbons (Fsp3) is 0.316. The fourth-order valence-electron chi connectivity index (χ4n) is 3.25. The van der Waals surface area contributed by atoms with E-state index in [2.05, 4.69) is 20.8 Å². The first-order valence-electron chi connectivity index (χ1n) is 9.01. The van der Waals surface area contributed by atoms with Gasteiger partial charge in [0.1, 0.15) is 23.6 Å². The van der Waals surface area contributed by atoms with Crippen LogP contribution in [0.15, 0.2) is 42.7 Å². The van der Waals surface area contributed by atoms with Gasteiger partial charge in [-0.3, -0.25) is 0 Å². The van der Waals surface area contributed by atoms with E-state index in [1.807, 2.05) is 18.2 Å². The van der Waals surface area contributed by atoms with Gasteiger partial charge in [0.05, 0.1) is 6.54 Å². The number of aliphatic hydroxyl groups is 1. The Balaban J connectivity index is 1.44. The van der Waals surface area contributed by atoms with Gasteiger partial charge in [-0.25, -0.2) is 13.5 Å². The summed E-state index contributed by atoms with van der Waals surface area (Å²) in [5.74, 6) is -0.139. The Morgan fingerprint density at radius 1 is 1.14 bits per heavy atom. The van der Waals surface area contributed by atoms with E-state index in [0.29, 0.717) is 24.5 Å². The number of benzene rings is 2. The highest BCUT2D eigenvalue weighted by molar-refractivity contribution is 5.44. The van der Waals surface area contributed by atoms with Crippen molar-refractivity contribution in [2.75, 3.05) is 19.9 Å². The van der Waals surface area contributed by atoms with Crippen LogP contribution in [0, 0.1) is 11.6 Å². The minimum atomic E-state index is -1.68. The zero-order valence-electron chi connectivity index (χ0n) is 15.4. The third-order valence-corrected chi connectivity index (χ3v) is 4.69. The topological polar surface area (TPSA) is 94.3 Å². The molecule has 10 heteroatoms. The maximum absolute atomic E-state index is 14.4. The van der Waals surface area contributed by atoms with Crippen LogP contribution in [0.1, 0.15) is 11.1 Å². The predicted molar refractivity (Wildman–Crippen MR) is 97.2 cm³/mol. The summed E-state index contributed by atoms with van der Waals surface area (Å²) in [6.45, 7) is 0.643. The van der Waals surface area contributed by atoms with Crippen LogP contribution in [-0.4, -0.2) is 45.2 Å². The summed E-state index contributed by atoms with van der Waals surface area (Å²) in [7, 11) is 0. The number of fused-ring (bicyclic) bond motifs is 1. The van der Waals surface area contributed by atoms with E-state index in [-0.39, 0.29) is 25.4 Å². The third kappa shape index (κ3) is 4.33. The zero-order chi connectivity index (χ0) is 20.3. The Labute approximate surface area is 165 Å². The van der Waals surface area contributed by atoms with E-state index < -0.39 is 17.2 Å². The second-order valence-corrected chi connectivity index (χ2v) is 6.78. The fourth-order valence-corrected chi connectivity index (χ4v) is 3.25. The van der Waals surface area contributed by atoms with Gasteiger partial charge in [-0.2, -0.15) is 0 Å². The smallest absolute Gasteiger partial charge is 0.231 e. The van der Waals surface area contributed by atoms with Crippen molar-refractivity contribution < 1.29 is 23.4 Å². The van der Waals surface area contributed by atoms with Crippen molar-refractivity contribution in [3.05, 3.63) is 65.5 Å². The number of hydrogen-bond donors (Lipinski definition) is 2. The van der Waals surface area contributed by atoms with Crippen LogP contribution in [0.2, 0.25) is 0 Å². The van der Waals surface area contributed by atoms with Crippen LogP contribution >= 0.6 is 0 Å². The first-order valence-corrected chi connectivity index (χ1v) is 9.01. The summed E-state index contributed by atoms with van der Waals surface area (Å²) in [5, 5.41) is 25.1. The van der Waals surface area contributed by atoms with E-state index in [0.717, 1.165) is 17.7 Å². The molecule has 2 N–H and O–H groups in total. The van der Waals surface area contributed by atoms with Gasteiger partial charge in [-0.1, -0.05) is 12.1 Å². The molecule has 2 heterocycles. The minimum Gasteiger partial charge on any atom is -0.454 e. The second kappa shape index (κ2) is 8.10. The third-order valence-electron chi connectivity index (χ3n) is 4.69. The molecular formula is C19H19F2N5O3. The van der Waals surface area contributed by atoms with Crippen LogP contribution in [-0.2, 0) is 18.6 Å². The lowest BCUT2D eigenvalue weighted by molar-refractivity contribution is 0.0118. The zero-order valence-corrected chi connectivity index (χ0v) is 15.4. The van der Waals surface area contributed by atoms with Crippen LogP contribution in [0.5, 0.6) is 11.5 Å². The molecule has 0 saturated carbocycles. The van der Waals surface area contributed by atoms with Crippen LogP contribution < -0.4 is 14.8 Å². The van der Waals surface area contributed by atoms with Gasteiger partial charge in [0.2, 0.25) is 6.79 Å². The average Bonchev–Trinajstić information content (AvgIpc) is 3.36. The molecule has 0 spiro atoms. The van der Waals surface area contributed by atoms with E-state index in [4.69, 9.17) is 9.47 Å². The molecule has 0 radical (unpaired) electrons. The van der Waals surface area contributed by atoms with Crippen molar-refractivity contribution in [1.29, 1.82) is 0 Å². The molecule has 1 unspecified atom stereocenters. The van der Waals surface area contributed by atoms with Crippen molar-refractivity contribution >= 4 is 0 Å². The highest BCUT2D eigenvalue weighted by atomic mass is 19.1. The summed E-state index contributed by atoms with van der Waals surface area (Å²) in [6.07, 6.45) is 1.97. The Kier molecular flexibility index (Phi) is 5.36. The van der Waals surface area contributed by atoms with Gasteiger partial charge in [-0.15, -0.1) is 5.10 Å². The van der Waals surface area contributed by atoms with Gasteiger partial charge < -0.3 is 19.9 Å². The maximum atomic E-state index is 14.4. The summed E-state index contributed by atoms with van der Waals surface area (Å²) in [5.41, 5.74) is -0.689. The van der Waals surface area contributed by atoms with Gasteiger partial charge in [0, 0.05) is 18.2 Å². The van der Waals surface area contributed by atoms with E-state index in [1.165, 1.54) is 17.1 Å². The monoisotopic (exact) mass is 403 g/mol. The average molecular weight is 403 g/mol. The van der Waals surface area contributed by atoms with E-state index >= 15 is 0 Å². The molecule has 4 rings (SSSR count). The Hall–Kier alpha value is -3.11. The van der Waals surface area contributed by atoms with Gasteiger partial charge in [0.15, 0.2) is 11.5 Å². The van der Waals surface area contributed by atoms with E-state index in [1.54, 1.807) is 0 Å². The van der Waals surface area contributed by atoms with Crippen molar-refractivity contribution in [3.8, 4) is 11.5 Å². The largest absolute Gasteiger partial charge is 0.454 e. The number of ether oxygens (including phenoxy) is 2. The van der Waals surface area contributed by atoms with Gasteiger partial charge >= 0.3 is 0 Å². The molecule has 1 aliphatic rings. The first kappa shape index (κ1) is 19.2. The first-order chi connectivity index (χ1) is 14.0. The molecule has 1 atom stereocenters. The molecule has 0 aliphatic carbocycles. The van der Waals surface area contributed by atoms with Crippen LogP contribution in [0.25, 0.3) is 0 Å². The molecule has 29 heavy (non-hydrogen) atoms. The standard InChI is InChI=1S/C19H19F2N5O3/c20-14-2-3-15(16(21)8-14)19(27,10-26-11-23-24-25-26)9-22-6-5-13-1-4-17-18(7-13)29-12-28-17/h1-4,7-8,11,22,27H,5-6,9-10,12H2. The molecular weight excluding hydrogens is 384 g/mol. The highest BCUT2D eigenvalue weighted by Crippen LogP contribution is 2.32. The number of aromatic nitrogens is 4. The molecule has 0 fully saturated rings. The summed E-state index contributed by atoms with van der Waals surface area (Å²) in [4.78, 5) is 0. The maximum Gasteiger partial charge on any atom is 0.231 e. The molecule has 8 nitrogen and oxygen atoms in total. The molecule has 2 aromatic carbocycles. The molecule has 0 bridgehead atoms. The molecule has 1 aromatic heterocycles. The number of halogens is 2. The normalized spacial score (nSPS) is 14.7. The van der Waals surface area contributed by atoms with Crippen molar-refractivity contribution in [2.24, 2.45) is 0 Å². The number of tetrazole rings is 1. The number of hydrogen-bond acceptors (Lipinski definition) is 7. The second-order valence-electron chi connectivity index (χ2n) is 6.78. The summed E-state index contributed by atoms with van der Waals surface area (Å²) < 4.78 is 39.6. The predicted octanol–water partition coefficient (Wildman–Crippen LogP) is 1.40. The van der Waals surface area contributed by atoms with Gasteiger partial charge in [-0.05, 0) is 47.2 Å². The Bertz CT molecular complexity index is 986. The van der Waals surface area contributed by atoms with Crippen molar-refractivity contribution in [2.45, 2.75) is 18.6 Å². The number of nitrogens with zero attached hydrogens (tertiary/aromatic N) is 4. The molecule has 152 valence electrons. The highest BCUT2D eigenvalue weighted by Gasteiger charge is 2.33. The SMILES string of the molecule is OC(CNCCc1ccc2c(c1)OCO2)(Cn1cnnn1)c1ccc(F)cc1F. The molecule has 0 saturated heterocycles. The lowest BCUT2D eigenvalue weighted by atomic mass is 9.92. The molecule has 1 aliphatic heterocycles. The van der Waals surface area contributed by atoms with Crippen LogP contribution in [0.3, 0.4) is 0 Å². The van der Waals surface area contributed by atoms with Crippen LogP contribution in [0.4, 0.5) is 8.78 Å². The Morgan fingerprint density at radius 2 is 2.00 bits per heavy atom. The van der Waals surface area contributed by atoms with Crippen molar-refractivity contribution in [3.63, 3.8) is 0 Å². The summed E-state index contributed by atoms with van der Waals surface area (Å²) >= 11 is 0. The Morgan fingerprint density at radius 3 is 2.79 bits per heavy atom. The van der Waals surface area contributed by atoms with Gasteiger partial charge in [0.25, 0.3) is 0 Å². The summed E-state index contributed by atoms with van der Waals surface area (Å²) in [6, 6.07) is 8.76. The molecule has 3 aromatic rings. The quantitative estimate of drug-likeness (QED) is 0.549. The lowest BCUT2D eigenvalue weighted by Crippen LogP contribution is -2.43. The molecule has 0 amide bonds. The lowest BCUT2D eigenvalue weighted by Gasteiger charge is -2.29. The minimum absolute atomic E-state index is 0.0139. The number of rotatable bonds is 8. The van der Waals surface area contributed by atoms with Crippen molar-refractivity contribution in [1.82, 2.24) is 25.5 Å². The van der Waals surface area contributed by atoms with E-state index in [9.17, 15) is 13.9 Å². The number of nitrogens with one attached hydrogen (secondary N) is 1.